The van der Waals surface area contributed by atoms with Gasteiger partial charge < -0.3 is 15.8 Å². The number of nitrogens with two attached hydrogens (primary N) is 1. The number of carbonyl (C=O) groups excluding carboxylic acids is 1. The van der Waals surface area contributed by atoms with Crippen LogP contribution in [0.15, 0.2) is 60.7 Å². The van der Waals surface area contributed by atoms with Gasteiger partial charge in [0, 0.05) is 0 Å². The van der Waals surface area contributed by atoms with E-state index in [0.717, 1.165) is 11.1 Å². The first-order valence-corrected chi connectivity index (χ1v) is 7.73. The van der Waals surface area contributed by atoms with Crippen molar-refractivity contribution >= 4 is 5.91 Å². The summed E-state index contributed by atoms with van der Waals surface area (Å²) >= 11 is 0. The molecular weight excluding hydrogens is 288 g/mol. The van der Waals surface area contributed by atoms with Crippen LogP contribution in [-0.4, -0.2) is 18.1 Å². The van der Waals surface area contributed by atoms with Crippen molar-refractivity contribution in [1.29, 1.82) is 0 Å². The summed E-state index contributed by atoms with van der Waals surface area (Å²) in [5.41, 5.74) is 7.05. The highest BCUT2D eigenvalue weighted by Crippen LogP contribution is 2.15. The second-order valence-electron chi connectivity index (χ2n) is 6.16. The first kappa shape index (κ1) is 17.2. The van der Waals surface area contributed by atoms with Crippen molar-refractivity contribution in [3.8, 4) is 0 Å². The summed E-state index contributed by atoms with van der Waals surface area (Å²) in [5, 5.41) is 2.97. The van der Waals surface area contributed by atoms with E-state index in [-0.39, 0.29) is 11.9 Å². The Labute approximate surface area is 137 Å². The maximum absolute atomic E-state index is 12.2. The van der Waals surface area contributed by atoms with E-state index in [2.05, 4.69) is 5.32 Å². The molecule has 122 valence electrons. The fraction of sp³-hybridized carbons (Fsp3) is 0.316. The quantitative estimate of drug-likeness (QED) is 0.826. The summed E-state index contributed by atoms with van der Waals surface area (Å²) in [7, 11) is 0. The third-order valence-corrected chi connectivity index (χ3v) is 3.49. The number of rotatable bonds is 7. The molecule has 4 nitrogen and oxygen atoms in total. The number of benzene rings is 2. The molecule has 4 heteroatoms. The maximum Gasteiger partial charge on any atom is 0.240 e. The number of amides is 1. The van der Waals surface area contributed by atoms with Crippen LogP contribution in [0, 0.1) is 0 Å². The molecule has 3 N–H and O–H groups in total. The minimum absolute atomic E-state index is 0.199. The second-order valence-corrected chi connectivity index (χ2v) is 6.16. The van der Waals surface area contributed by atoms with Crippen molar-refractivity contribution in [1.82, 2.24) is 5.32 Å². The van der Waals surface area contributed by atoms with Crippen LogP contribution in [0.25, 0.3) is 0 Å². The molecule has 0 fully saturated rings. The Balaban J connectivity index is 2.01. The van der Waals surface area contributed by atoms with Crippen LogP contribution in [0.5, 0.6) is 0 Å². The minimum atomic E-state index is -0.924. The van der Waals surface area contributed by atoms with Gasteiger partial charge in [-0.15, -0.1) is 0 Å². The smallest absolute Gasteiger partial charge is 0.240 e. The summed E-state index contributed by atoms with van der Waals surface area (Å²) in [6.07, 6.45) is 0. The highest BCUT2D eigenvalue weighted by atomic mass is 16.5. The number of nitrogens with one attached hydrogen (secondary N) is 1. The largest absolute Gasteiger partial charge is 0.374 e. The van der Waals surface area contributed by atoms with Crippen molar-refractivity contribution in [3.05, 3.63) is 71.8 Å². The van der Waals surface area contributed by atoms with Crippen molar-refractivity contribution < 1.29 is 9.53 Å². The van der Waals surface area contributed by atoms with Gasteiger partial charge in [-0.3, -0.25) is 4.79 Å². The molecule has 0 heterocycles. The lowest BCUT2D eigenvalue weighted by molar-refractivity contribution is -0.126. The van der Waals surface area contributed by atoms with Gasteiger partial charge in [0.2, 0.25) is 5.91 Å². The Bertz CT molecular complexity index is 606. The summed E-state index contributed by atoms with van der Waals surface area (Å²) in [4.78, 5) is 12.2. The van der Waals surface area contributed by atoms with E-state index in [0.29, 0.717) is 13.2 Å². The third kappa shape index (κ3) is 5.51. The molecule has 2 aromatic rings. The SMILES string of the molecule is CC(C)(N)C(=O)NC(COCc1ccccc1)c1ccccc1. The van der Waals surface area contributed by atoms with E-state index in [1.807, 2.05) is 60.7 Å². The molecule has 23 heavy (non-hydrogen) atoms. The molecule has 0 saturated heterocycles. The van der Waals surface area contributed by atoms with Crippen LogP contribution < -0.4 is 11.1 Å². The van der Waals surface area contributed by atoms with E-state index in [9.17, 15) is 4.79 Å². The van der Waals surface area contributed by atoms with Gasteiger partial charge in [-0.25, -0.2) is 0 Å². The van der Waals surface area contributed by atoms with Gasteiger partial charge in [0.05, 0.1) is 24.8 Å². The normalized spacial score (nSPS) is 12.7. The van der Waals surface area contributed by atoms with Crippen LogP contribution in [0.3, 0.4) is 0 Å². The summed E-state index contributed by atoms with van der Waals surface area (Å²) in [5.74, 6) is -0.199. The molecule has 0 spiro atoms. The molecule has 0 bridgehead atoms. The fourth-order valence-electron chi connectivity index (χ4n) is 2.12. The predicted octanol–water partition coefficient (Wildman–Crippen LogP) is 2.80. The van der Waals surface area contributed by atoms with Crippen LogP contribution in [0.4, 0.5) is 0 Å². The zero-order chi connectivity index (χ0) is 16.7. The molecule has 2 rings (SSSR count). The molecule has 2 aromatic carbocycles. The van der Waals surface area contributed by atoms with Gasteiger partial charge in [-0.1, -0.05) is 60.7 Å². The number of hydrogen-bond acceptors (Lipinski definition) is 3. The van der Waals surface area contributed by atoms with Crippen LogP contribution in [0.2, 0.25) is 0 Å². The van der Waals surface area contributed by atoms with Crippen molar-refractivity contribution in [3.63, 3.8) is 0 Å². The van der Waals surface area contributed by atoms with Crippen LogP contribution in [-0.2, 0) is 16.1 Å². The van der Waals surface area contributed by atoms with Gasteiger partial charge in [0.1, 0.15) is 0 Å². The van der Waals surface area contributed by atoms with E-state index < -0.39 is 5.54 Å². The zero-order valence-corrected chi connectivity index (χ0v) is 13.7. The fourth-order valence-corrected chi connectivity index (χ4v) is 2.12. The Hall–Kier alpha value is -2.17. The first-order chi connectivity index (χ1) is 11.0. The molecule has 0 aromatic heterocycles. The molecule has 1 unspecified atom stereocenters. The topological polar surface area (TPSA) is 64.4 Å². The van der Waals surface area contributed by atoms with E-state index in [4.69, 9.17) is 10.5 Å². The summed E-state index contributed by atoms with van der Waals surface area (Å²) in [6.45, 7) is 4.28. The van der Waals surface area contributed by atoms with E-state index >= 15 is 0 Å². The molecule has 1 atom stereocenters. The van der Waals surface area contributed by atoms with Gasteiger partial charge in [0.15, 0.2) is 0 Å². The van der Waals surface area contributed by atoms with E-state index in [1.165, 1.54) is 0 Å². The van der Waals surface area contributed by atoms with E-state index in [1.54, 1.807) is 13.8 Å². The zero-order valence-electron chi connectivity index (χ0n) is 13.7. The van der Waals surface area contributed by atoms with Crippen LogP contribution in [0.1, 0.15) is 31.0 Å². The highest BCUT2D eigenvalue weighted by molar-refractivity contribution is 5.85. The predicted molar refractivity (Wildman–Crippen MR) is 91.7 cm³/mol. The lowest BCUT2D eigenvalue weighted by Gasteiger charge is -2.24. The Morgan fingerprint density at radius 1 is 1.09 bits per heavy atom. The van der Waals surface area contributed by atoms with Crippen molar-refractivity contribution in [2.45, 2.75) is 32.0 Å². The van der Waals surface area contributed by atoms with Gasteiger partial charge in [-0.05, 0) is 25.0 Å². The standard InChI is InChI=1S/C19H24N2O2/c1-19(2,20)18(22)21-17(16-11-7-4-8-12-16)14-23-13-15-9-5-3-6-10-15/h3-12,17H,13-14,20H2,1-2H3,(H,21,22). The lowest BCUT2D eigenvalue weighted by atomic mass is 10.0. The second kappa shape index (κ2) is 7.90. The highest BCUT2D eigenvalue weighted by Gasteiger charge is 2.25. The lowest BCUT2D eigenvalue weighted by Crippen LogP contribution is -2.50. The Morgan fingerprint density at radius 2 is 1.65 bits per heavy atom. The van der Waals surface area contributed by atoms with Crippen LogP contribution >= 0.6 is 0 Å². The average molecular weight is 312 g/mol. The molecule has 0 aliphatic heterocycles. The number of hydrogen-bond donors (Lipinski definition) is 2. The first-order valence-electron chi connectivity index (χ1n) is 7.73. The molecule has 0 radical (unpaired) electrons. The monoisotopic (exact) mass is 312 g/mol. The molecule has 0 aliphatic carbocycles. The summed E-state index contributed by atoms with van der Waals surface area (Å²) in [6, 6.07) is 19.5. The maximum atomic E-state index is 12.2. The Morgan fingerprint density at radius 3 is 2.22 bits per heavy atom. The summed E-state index contributed by atoms with van der Waals surface area (Å²) < 4.78 is 5.79. The number of carbonyl (C=O) groups is 1. The third-order valence-electron chi connectivity index (χ3n) is 3.49. The van der Waals surface area contributed by atoms with Gasteiger partial charge in [0.25, 0.3) is 0 Å². The van der Waals surface area contributed by atoms with Crippen molar-refractivity contribution in [2.24, 2.45) is 5.73 Å². The number of ether oxygens (including phenoxy) is 1. The van der Waals surface area contributed by atoms with Crippen molar-refractivity contribution in [2.75, 3.05) is 6.61 Å². The minimum Gasteiger partial charge on any atom is -0.374 e. The molecule has 0 aliphatic rings. The van der Waals surface area contributed by atoms with Gasteiger partial charge >= 0.3 is 0 Å². The molecule has 0 saturated carbocycles. The molecular formula is C19H24N2O2. The molecule has 1 amide bonds. The average Bonchev–Trinajstić information content (AvgIpc) is 2.54. The Kier molecular flexibility index (Phi) is 5.90. The van der Waals surface area contributed by atoms with Gasteiger partial charge in [-0.2, -0.15) is 0 Å².